The minimum atomic E-state index is -4.52. The van der Waals surface area contributed by atoms with Crippen LogP contribution in [0.15, 0.2) is 48.5 Å². The number of anilines is 1. The molecule has 0 fully saturated rings. The minimum absolute atomic E-state index is 0.0365. The molecule has 2 N–H and O–H groups in total. The molecule has 0 unspecified atom stereocenters. The van der Waals surface area contributed by atoms with E-state index in [-0.39, 0.29) is 21.9 Å². The van der Waals surface area contributed by atoms with E-state index in [1.54, 1.807) is 0 Å². The first-order valence-corrected chi connectivity index (χ1v) is 8.94. The average molecular weight is 401 g/mol. The molecule has 26 heavy (non-hydrogen) atoms. The van der Waals surface area contributed by atoms with Crippen LogP contribution in [-0.2, 0) is 6.18 Å². The van der Waals surface area contributed by atoms with Crippen molar-refractivity contribution in [3.63, 3.8) is 0 Å². The lowest BCUT2D eigenvalue weighted by Crippen LogP contribution is -2.33. The van der Waals surface area contributed by atoms with E-state index >= 15 is 0 Å². The van der Waals surface area contributed by atoms with Crippen molar-refractivity contribution in [1.82, 2.24) is 5.32 Å². The van der Waals surface area contributed by atoms with Gasteiger partial charge in [-0.1, -0.05) is 55.8 Å². The Morgan fingerprint density at radius 2 is 1.77 bits per heavy atom. The molecule has 2 rings (SSSR count). The van der Waals surface area contributed by atoms with Crippen molar-refractivity contribution < 1.29 is 13.2 Å². The number of benzene rings is 2. The van der Waals surface area contributed by atoms with E-state index in [0.29, 0.717) is 5.92 Å². The summed E-state index contributed by atoms with van der Waals surface area (Å²) in [5.41, 5.74) is 0.404. The summed E-state index contributed by atoms with van der Waals surface area (Å²) in [6.07, 6.45) is -3.69. The fourth-order valence-corrected chi connectivity index (χ4v) is 3.07. The van der Waals surface area contributed by atoms with Gasteiger partial charge in [-0.05, 0) is 48.3 Å². The number of nitrogens with one attached hydrogen (secondary N) is 2. The van der Waals surface area contributed by atoms with Gasteiger partial charge in [0, 0.05) is 5.69 Å². The molecule has 0 aliphatic carbocycles. The lowest BCUT2D eigenvalue weighted by molar-refractivity contribution is -0.137. The molecule has 0 radical (unpaired) electrons. The Morgan fingerprint density at radius 1 is 1.12 bits per heavy atom. The fourth-order valence-electron chi connectivity index (χ4n) is 2.58. The summed E-state index contributed by atoms with van der Waals surface area (Å²) in [5.74, 6) is 0.419. The Bertz CT molecular complexity index is 748. The zero-order chi connectivity index (χ0) is 19.3. The number of hydrogen-bond donors (Lipinski definition) is 2. The quantitative estimate of drug-likeness (QED) is 0.565. The van der Waals surface area contributed by atoms with Crippen molar-refractivity contribution in [3.05, 3.63) is 64.7 Å². The third kappa shape index (κ3) is 5.88. The molecule has 2 nitrogen and oxygen atoms in total. The molecular weight excluding hydrogens is 381 g/mol. The first-order valence-electron chi connectivity index (χ1n) is 8.16. The maximum Gasteiger partial charge on any atom is 0.417 e. The highest BCUT2D eigenvalue weighted by Gasteiger charge is 2.33. The molecule has 0 aromatic heterocycles. The van der Waals surface area contributed by atoms with Gasteiger partial charge in [-0.3, -0.25) is 0 Å². The summed E-state index contributed by atoms with van der Waals surface area (Å²) >= 11 is 10.9. The lowest BCUT2D eigenvalue weighted by atomic mass is 9.97. The van der Waals surface area contributed by atoms with E-state index in [2.05, 4.69) is 24.5 Å². The molecule has 0 saturated carbocycles. The molecule has 0 saturated heterocycles. The Morgan fingerprint density at radius 3 is 2.35 bits per heavy atom. The summed E-state index contributed by atoms with van der Waals surface area (Å²) in [7, 11) is 0. The molecule has 0 aliphatic heterocycles. The van der Waals surface area contributed by atoms with Gasteiger partial charge in [0.05, 0.1) is 16.6 Å². The van der Waals surface area contributed by atoms with E-state index in [1.807, 2.05) is 30.3 Å². The summed E-state index contributed by atoms with van der Waals surface area (Å²) in [5, 5.41) is 5.92. The van der Waals surface area contributed by atoms with Gasteiger partial charge in [-0.25, -0.2) is 0 Å². The van der Waals surface area contributed by atoms with E-state index in [4.69, 9.17) is 23.8 Å². The first-order chi connectivity index (χ1) is 12.2. The van der Waals surface area contributed by atoms with Gasteiger partial charge in [0.1, 0.15) is 0 Å². The van der Waals surface area contributed by atoms with Gasteiger partial charge in [0.2, 0.25) is 0 Å². The minimum Gasteiger partial charge on any atom is -0.356 e. The molecule has 0 spiro atoms. The zero-order valence-corrected chi connectivity index (χ0v) is 16.0. The monoisotopic (exact) mass is 400 g/mol. The van der Waals surface area contributed by atoms with Gasteiger partial charge in [0.25, 0.3) is 0 Å². The molecule has 0 aliphatic rings. The second kappa shape index (κ2) is 8.73. The standard InChI is InChI=1S/C19H20ClF3N2S/c1-12(2)10-17(13-6-4-3-5-7-13)25-18(26)24-14-8-9-16(20)15(11-14)19(21,22)23/h3-9,11-12,17H,10H2,1-2H3,(H2,24,25,26)/t17-/m0/s1. The van der Waals surface area contributed by atoms with Crippen molar-refractivity contribution in [2.24, 2.45) is 5.92 Å². The average Bonchev–Trinajstić information content (AvgIpc) is 2.55. The van der Waals surface area contributed by atoms with Crippen molar-refractivity contribution in [3.8, 4) is 0 Å². The number of rotatable bonds is 5. The Labute approximate surface area is 161 Å². The van der Waals surface area contributed by atoms with Crippen molar-refractivity contribution >= 4 is 34.6 Å². The van der Waals surface area contributed by atoms with Gasteiger partial charge in [0.15, 0.2) is 5.11 Å². The van der Waals surface area contributed by atoms with Gasteiger partial charge >= 0.3 is 6.18 Å². The molecule has 2 aromatic rings. The van der Waals surface area contributed by atoms with E-state index in [0.717, 1.165) is 18.1 Å². The van der Waals surface area contributed by atoms with Crippen LogP contribution in [0.2, 0.25) is 5.02 Å². The van der Waals surface area contributed by atoms with Crippen LogP contribution in [-0.4, -0.2) is 5.11 Å². The van der Waals surface area contributed by atoms with Crippen LogP contribution in [0.1, 0.15) is 37.4 Å². The molecule has 1 atom stereocenters. The third-order valence-corrected chi connectivity index (χ3v) is 4.29. The van der Waals surface area contributed by atoms with Crippen molar-refractivity contribution in [2.75, 3.05) is 5.32 Å². The normalized spacial score (nSPS) is 12.7. The molecule has 0 bridgehead atoms. The highest BCUT2D eigenvalue weighted by Crippen LogP contribution is 2.36. The number of halogens is 4. The fraction of sp³-hybridized carbons (Fsp3) is 0.316. The Kier molecular flexibility index (Phi) is 6.89. The molecule has 2 aromatic carbocycles. The second-order valence-corrected chi connectivity index (χ2v) is 7.20. The van der Waals surface area contributed by atoms with E-state index in [9.17, 15) is 13.2 Å². The topological polar surface area (TPSA) is 24.1 Å². The second-order valence-electron chi connectivity index (χ2n) is 6.38. The van der Waals surface area contributed by atoms with Crippen LogP contribution >= 0.6 is 23.8 Å². The summed E-state index contributed by atoms with van der Waals surface area (Å²) in [6.45, 7) is 4.20. The first kappa shape index (κ1) is 20.5. The number of hydrogen-bond acceptors (Lipinski definition) is 1. The maximum absolute atomic E-state index is 13.0. The van der Waals surface area contributed by atoms with Crippen LogP contribution in [0.3, 0.4) is 0 Å². The van der Waals surface area contributed by atoms with E-state index in [1.165, 1.54) is 12.1 Å². The molecular formula is C19H20ClF3N2S. The molecule has 140 valence electrons. The SMILES string of the molecule is CC(C)C[C@H](NC(=S)Nc1ccc(Cl)c(C(F)(F)F)c1)c1ccccc1. The van der Waals surface area contributed by atoms with Gasteiger partial charge < -0.3 is 10.6 Å². The summed E-state index contributed by atoms with van der Waals surface area (Å²) in [6, 6.07) is 13.4. The summed E-state index contributed by atoms with van der Waals surface area (Å²) in [4.78, 5) is 0. The van der Waals surface area contributed by atoms with E-state index < -0.39 is 11.7 Å². The third-order valence-electron chi connectivity index (χ3n) is 3.74. The summed E-state index contributed by atoms with van der Waals surface area (Å²) < 4.78 is 38.9. The zero-order valence-electron chi connectivity index (χ0n) is 14.4. The van der Waals surface area contributed by atoms with Crippen LogP contribution in [0.4, 0.5) is 18.9 Å². The molecule has 0 heterocycles. The van der Waals surface area contributed by atoms with Crippen LogP contribution in [0, 0.1) is 5.92 Å². The van der Waals surface area contributed by atoms with Gasteiger partial charge in [-0.2, -0.15) is 13.2 Å². The Balaban J connectivity index is 2.13. The predicted molar refractivity (Wildman–Crippen MR) is 104 cm³/mol. The van der Waals surface area contributed by atoms with Gasteiger partial charge in [-0.15, -0.1) is 0 Å². The molecule has 7 heteroatoms. The van der Waals surface area contributed by atoms with Crippen LogP contribution < -0.4 is 10.6 Å². The van der Waals surface area contributed by atoms with Crippen LogP contribution in [0.25, 0.3) is 0 Å². The smallest absolute Gasteiger partial charge is 0.356 e. The largest absolute Gasteiger partial charge is 0.417 e. The highest BCUT2D eigenvalue weighted by molar-refractivity contribution is 7.80. The van der Waals surface area contributed by atoms with Crippen molar-refractivity contribution in [2.45, 2.75) is 32.5 Å². The Hall–Kier alpha value is -1.79. The maximum atomic E-state index is 13.0. The number of alkyl halides is 3. The highest BCUT2D eigenvalue weighted by atomic mass is 35.5. The lowest BCUT2D eigenvalue weighted by Gasteiger charge is -2.23. The molecule has 0 amide bonds. The predicted octanol–water partition coefficient (Wildman–Crippen LogP) is 6.43. The van der Waals surface area contributed by atoms with Crippen molar-refractivity contribution in [1.29, 1.82) is 0 Å². The number of thiocarbonyl (C=S) groups is 1. The van der Waals surface area contributed by atoms with Crippen LogP contribution in [0.5, 0.6) is 0 Å².